The van der Waals surface area contributed by atoms with Crippen LogP contribution in [0.5, 0.6) is 5.75 Å². The van der Waals surface area contributed by atoms with E-state index in [0.29, 0.717) is 0 Å². The molecule has 0 fully saturated rings. The van der Waals surface area contributed by atoms with E-state index in [-0.39, 0.29) is 5.41 Å². The highest BCUT2D eigenvalue weighted by Gasteiger charge is 2.18. The Kier molecular flexibility index (Phi) is 3.11. The molecule has 0 amide bonds. The van der Waals surface area contributed by atoms with Gasteiger partial charge in [-0.3, -0.25) is 0 Å². The lowest BCUT2D eigenvalue weighted by atomic mass is 9.83. The van der Waals surface area contributed by atoms with E-state index in [0.717, 1.165) is 10.2 Å². The lowest BCUT2D eigenvalue weighted by Gasteiger charge is -2.22. The van der Waals surface area contributed by atoms with Gasteiger partial charge in [-0.25, -0.2) is 0 Å². The van der Waals surface area contributed by atoms with Crippen LogP contribution in [0.25, 0.3) is 32.3 Å². The summed E-state index contributed by atoms with van der Waals surface area (Å²) in [5.74, 6) is 0.915. The zero-order valence-electron chi connectivity index (χ0n) is 13.8. The third-order valence-electron chi connectivity index (χ3n) is 4.71. The molecule has 0 unspecified atom stereocenters. The van der Waals surface area contributed by atoms with Gasteiger partial charge in [0.05, 0.1) is 7.11 Å². The van der Waals surface area contributed by atoms with E-state index in [9.17, 15) is 0 Å². The second kappa shape index (κ2) is 4.85. The summed E-state index contributed by atoms with van der Waals surface area (Å²) in [4.78, 5) is 0. The number of hydrogen-bond acceptors (Lipinski definition) is 1. The van der Waals surface area contributed by atoms with Crippen molar-refractivity contribution in [1.82, 2.24) is 0 Å². The highest BCUT2D eigenvalue weighted by atomic mass is 79.9. The van der Waals surface area contributed by atoms with Crippen molar-refractivity contribution in [2.24, 2.45) is 0 Å². The minimum atomic E-state index is 0.142. The minimum Gasteiger partial charge on any atom is -0.496 e. The highest BCUT2D eigenvalue weighted by Crippen LogP contribution is 2.43. The maximum absolute atomic E-state index is 5.60. The first kappa shape index (κ1) is 14.8. The van der Waals surface area contributed by atoms with E-state index < -0.39 is 0 Å². The molecule has 0 aromatic heterocycles. The average molecular weight is 367 g/mol. The van der Waals surface area contributed by atoms with Crippen molar-refractivity contribution in [3.05, 3.63) is 52.5 Å². The van der Waals surface area contributed by atoms with Crippen LogP contribution in [-0.2, 0) is 5.41 Å². The smallest absolute Gasteiger partial charge is 0.127 e. The van der Waals surface area contributed by atoms with Crippen molar-refractivity contribution in [3.63, 3.8) is 0 Å². The van der Waals surface area contributed by atoms with Crippen molar-refractivity contribution in [3.8, 4) is 5.75 Å². The monoisotopic (exact) mass is 366 g/mol. The maximum atomic E-state index is 5.60. The fourth-order valence-corrected chi connectivity index (χ4v) is 3.98. The quantitative estimate of drug-likeness (QED) is 0.342. The summed E-state index contributed by atoms with van der Waals surface area (Å²) < 4.78 is 6.68. The Morgan fingerprint density at radius 1 is 0.826 bits per heavy atom. The van der Waals surface area contributed by atoms with Crippen LogP contribution in [0.1, 0.15) is 26.3 Å². The Bertz CT molecular complexity index is 1020. The largest absolute Gasteiger partial charge is 0.496 e. The number of halogens is 1. The highest BCUT2D eigenvalue weighted by molar-refractivity contribution is 9.10. The van der Waals surface area contributed by atoms with E-state index in [4.69, 9.17) is 4.74 Å². The van der Waals surface area contributed by atoms with Crippen molar-refractivity contribution in [1.29, 1.82) is 0 Å². The first-order chi connectivity index (χ1) is 10.9. The van der Waals surface area contributed by atoms with Crippen LogP contribution in [0, 0.1) is 0 Å². The van der Waals surface area contributed by atoms with Gasteiger partial charge in [0.1, 0.15) is 5.75 Å². The third-order valence-corrected chi connectivity index (χ3v) is 5.37. The molecular weight excluding hydrogens is 348 g/mol. The third kappa shape index (κ3) is 2.12. The van der Waals surface area contributed by atoms with Gasteiger partial charge in [-0.2, -0.15) is 0 Å². The van der Waals surface area contributed by atoms with Crippen molar-refractivity contribution in [2.45, 2.75) is 26.2 Å². The van der Waals surface area contributed by atoms with Crippen LogP contribution in [0.2, 0.25) is 0 Å². The maximum Gasteiger partial charge on any atom is 0.127 e. The molecule has 0 heterocycles. The molecule has 0 saturated heterocycles. The molecule has 0 bridgehead atoms. The number of methoxy groups -OCH3 is 1. The summed E-state index contributed by atoms with van der Waals surface area (Å²) in [6.07, 6.45) is 0. The van der Waals surface area contributed by atoms with Crippen LogP contribution in [0.15, 0.2) is 46.9 Å². The molecule has 0 radical (unpaired) electrons. The Morgan fingerprint density at radius 2 is 1.43 bits per heavy atom. The molecule has 0 spiro atoms. The fraction of sp³-hybridized carbons (Fsp3) is 0.238. The van der Waals surface area contributed by atoms with Gasteiger partial charge in [-0.1, -0.05) is 67.0 Å². The van der Waals surface area contributed by atoms with E-state index >= 15 is 0 Å². The Hall–Kier alpha value is -1.80. The Morgan fingerprint density at radius 3 is 2.00 bits per heavy atom. The molecule has 4 aromatic carbocycles. The van der Waals surface area contributed by atoms with E-state index in [1.165, 1.54) is 37.9 Å². The lowest BCUT2D eigenvalue weighted by Crippen LogP contribution is -2.10. The summed E-state index contributed by atoms with van der Waals surface area (Å²) in [5, 5.41) is 7.62. The normalized spacial score (nSPS) is 12.6. The molecule has 0 saturated carbocycles. The van der Waals surface area contributed by atoms with Crippen LogP contribution >= 0.6 is 15.9 Å². The molecule has 4 aromatic rings. The second-order valence-electron chi connectivity index (χ2n) is 7.21. The molecule has 0 N–H and O–H groups in total. The molecule has 0 aliphatic carbocycles. The molecular formula is C21H19BrO. The zero-order valence-corrected chi connectivity index (χ0v) is 15.4. The lowest BCUT2D eigenvalue weighted by molar-refractivity contribution is 0.419. The minimum absolute atomic E-state index is 0.142. The van der Waals surface area contributed by atoms with Gasteiger partial charge in [0.2, 0.25) is 0 Å². The predicted molar refractivity (Wildman–Crippen MR) is 103 cm³/mol. The van der Waals surface area contributed by atoms with Gasteiger partial charge in [-0.15, -0.1) is 0 Å². The van der Waals surface area contributed by atoms with Crippen molar-refractivity contribution < 1.29 is 4.74 Å². The number of hydrogen-bond donors (Lipinski definition) is 0. The molecule has 116 valence electrons. The zero-order chi connectivity index (χ0) is 16.4. The summed E-state index contributed by atoms with van der Waals surface area (Å²) in [7, 11) is 1.73. The van der Waals surface area contributed by atoms with Crippen molar-refractivity contribution >= 4 is 48.2 Å². The van der Waals surface area contributed by atoms with Crippen LogP contribution in [-0.4, -0.2) is 7.11 Å². The SMILES string of the molecule is COc1cc(Br)c2ccc3cc(C(C)(C)C)cc4ccc1c2c34. The molecule has 23 heavy (non-hydrogen) atoms. The number of ether oxygens (including phenoxy) is 1. The van der Waals surface area contributed by atoms with Crippen LogP contribution in [0.4, 0.5) is 0 Å². The number of rotatable bonds is 1. The summed E-state index contributed by atoms with van der Waals surface area (Å²) in [6.45, 7) is 6.79. The molecule has 1 nitrogen and oxygen atoms in total. The molecule has 4 rings (SSSR count). The van der Waals surface area contributed by atoms with E-state index in [2.05, 4.69) is 79.2 Å². The van der Waals surface area contributed by atoms with Crippen LogP contribution < -0.4 is 4.74 Å². The first-order valence-corrected chi connectivity index (χ1v) is 8.65. The molecule has 0 atom stereocenters. The van der Waals surface area contributed by atoms with E-state index in [1.54, 1.807) is 7.11 Å². The first-order valence-electron chi connectivity index (χ1n) is 7.85. The molecule has 0 aliphatic heterocycles. The Balaban J connectivity index is 2.25. The van der Waals surface area contributed by atoms with Gasteiger partial charge in [-0.05, 0) is 44.7 Å². The average Bonchev–Trinajstić information content (AvgIpc) is 2.52. The van der Waals surface area contributed by atoms with Crippen LogP contribution in [0.3, 0.4) is 0 Å². The van der Waals surface area contributed by atoms with Gasteiger partial charge in [0.25, 0.3) is 0 Å². The summed E-state index contributed by atoms with van der Waals surface area (Å²) in [6, 6.07) is 15.6. The molecule has 2 heteroatoms. The predicted octanol–water partition coefficient (Wildman–Crippen LogP) is 6.65. The van der Waals surface area contributed by atoms with Crippen molar-refractivity contribution in [2.75, 3.05) is 7.11 Å². The van der Waals surface area contributed by atoms with Gasteiger partial charge < -0.3 is 4.74 Å². The standard InChI is InChI=1S/C21H19BrO/c1-21(2,3)14-9-12-5-7-15-17(22)11-18(23-4)16-8-6-13(10-14)19(12)20(15)16/h5-11H,1-4H3. The Labute approximate surface area is 144 Å². The van der Waals surface area contributed by atoms with Gasteiger partial charge in [0, 0.05) is 15.2 Å². The van der Waals surface area contributed by atoms with Gasteiger partial charge in [0.15, 0.2) is 0 Å². The van der Waals surface area contributed by atoms with Gasteiger partial charge >= 0.3 is 0 Å². The second-order valence-corrected chi connectivity index (χ2v) is 8.06. The fourth-order valence-electron chi connectivity index (χ4n) is 3.44. The summed E-state index contributed by atoms with van der Waals surface area (Å²) >= 11 is 3.70. The van der Waals surface area contributed by atoms with E-state index in [1.807, 2.05) is 0 Å². The summed E-state index contributed by atoms with van der Waals surface area (Å²) in [5.41, 5.74) is 1.51. The number of benzene rings is 4. The topological polar surface area (TPSA) is 9.23 Å². The molecule has 0 aliphatic rings.